The van der Waals surface area contributed by atoms with Crippen molar-refractivity contribution in [2.24, 2.45) is 0 Å². The van der Waals surface area contributed by atoms with Crippen LogP contribution in [0.3, 0.4) is 0 Å². The van der Waals surface area contributed by atoms with Crippen molar-refractivity contribution in [3.8, 4) is 0 Å². The number of aromatic nitrogens is 2. The van der Waals surface area contributed by atoms with Gasteiger partial charge in [0.05, 0.1) is 18.2 Å². The fourth-order valence-electron chi connectivity index (χ4n) is 3.10. The lowest BCUT2D eigenvalue weighted by Crippen LogP contribution is -2.51. The first-order valence-electron chi connectivity index (χ1n) is 9.04. The van der Waals surface area contributed by atoms with E-state index in [1.807, 2.05) is 11.0 Å². The van der Waals surface area contributed by atoms with Gasteiger partial charge in [-0.3, -0.25) is 4.90 Å². The average Bonchev–Trinajstić information content (AvgIpc) is 2.72. The molecule has 1 aromatic carbocycles. The van der Waals surface area contributed by atoms with Crippen molar-refractivity contribution < 1.29 is 19.0 Å². The van der Waals surface area contributed by atoms with Gasteiger partial charge in [-0.1, -0.05) is 24.3 Å². The van der Waals surface area contributed by atoms with E-state index in [0.29, 0.717) is 12.6 Å². The first-order chi connectivity index (χ1) is 13.6. The first kappa shape index (κ1) is 19.9. The van der Waals surface area contributed by atoms with E-state index in [4.69, 9.17) is 9.84 Å². The Hall–Kier alpha value is -2.84. The number of aromatic carboxylic acids is 1. The van der Waals surface area contributed by atoms with Gasteiger partial charge in [-0.2, -0.15) is 0 Å². The molecule has 1 unspecified atom stereocenters. The second kappa shape index (κ2) is 9.38. The van der Waals surface area contributed by atoms with Gasteiger partial charge in [0, 0.05) is 45.7 Å². The van der Waals surface area contributed by atoms with Gasteiger partial charge in [-0.15, -0.1) is 0 Å². The number of hydrogen-bond acceptors (Lipinski definition) is 6. The van der Waals surface area contributed by atoms with E-state index in [1.165, 1.54) is 24.5 Å². The van der Waals surface area contributed by atoms with Gasteiger partial charge in [0.2, 0.25) is 5.95 Å². The molecule has 0 bridgehead atoms. The smallest absolute Gasteiger partial charge is 0.338 e. The summed E-state index contributed by atoms with van der Waals surface area (Å²) in [5.74, 6) is -0.748. The van der Waals surface area contributed by atoms with Crippen molar-refractivity contribution in [3.63, 3.8) is 0 Å². The number of piperazine rings is 1. The average molecular weight is 386 g/mol. The second-order valence-corrected chi connectivity index (χ2v) is 6.53. The number of nitrogens with zero attached hydrogens (tertiary/aromatic N) is 4. The summed E-state index contributed by atoms with van der Waals surface area (Å²) in [6.45, 7) is 3.62. The minimum absolute atomic E-state index is 0.0773. The van der Waals surface area contributed by atoms with E-state index >= 15 is 0 Å². The number of carboxylic acids is 1. The molecule has 0 aliphatic carbocycles. The van der Waals surface area contributed by atoms with Crippen LogP contribution in [0.4, 0.5) is 10.3 Å². The maximum Gasteiger partial charge on any atom is 0.338 e. The van der Waals surface area contributed by atoms with Gasteiger partial charge >= 0.3 is 5.97 Å². The highest BCUT2D eigenvalue weighted by molar-refractivity contribution is 5.86. The third-order valence-electron chi connectivity index (χ3n) is 4.67. The van der Waals surface area contributed by atoms with Crippen LogP contribution < -0.4 is 4.90 Å². The fourth-order valence-corrected chi connectivity index (χ4v) is 3.10. The van der Waals surface area contributed by atoms with Gasteiger partial charge in [-0.25, -0.2) is 19.2 Å². The van der Waals surface area contributed by atoms with Crippen LogP contribution in [0, 0.1) is 5.82 Å². The molecule has 0 amide bonds. The molecule has 28 heavy (non-hydrogen) atoms. The van der Waals surface area contributed by atoms with Crippen LogP contribution >= 0.6 is 0 Å². The molecule has 0 spiro atoms. The van der Waals surface area contributed by atoms with E-state index < -0.39 is 5.97 Å². The van der Waals surface area contributed by atoms with Crippen molar-refractivity contribution in [3.05, 3.63) is 59.7 Å². The van der Waals surface area contributed by atoms with Gasteiger partial charge < -0.3 is 14.7 Å². The van der Waals surface area contributed by atoms with Crippen LogP contribution in [0.5, 0.6) is 0 Å². The van der Waals surface area contributed by atoms with Crippen LogP contribution in [0.2, 0.25) is 0 Å². The van der Waals surface area contributed by atoms with Gasteiger partial charge in [0.1, 0.15) is 5.82 Å². The Bertz CT molecular complexity index is 803. The molecule has 8 heteroatoms. The molecule has 1 aromatic heterocycles. The fraction of sp³-hybridized carbons (Fsp3) is 0.350. The summed E-state index contributed by atoms with van der Waals surface area (Å²) in [6.07, 6.45) is 6.71. The van der Waals surface area contributed by atoms with Gasteiger partial charge in [0.15, 0.2) is 0 Å². The number of rotatable bonds is 7. The summed E-state index contributed by atoms with van der Waals surface area (Å²) in [6, 6.07) is 6.48. The van der Waals surface area contributed by atoms with E-state index in [2.05, 4.69) is 20.9 Å². The highest BCUT2D eigenvalue weighted by atomic mass is 19.1. The lowest BCUT2D eigenvalue weighted by Gasteiger charge is -2.38. The molecule has 7 nitrogen and oxygen atoms in total. The minimum atomic E-state index is -1.04. The van der Waals surface area contributed by atoms with Crippen molar-refractivity contribution in [1.82, 2.24) is 14.9 Å². The Balaban J connectivity index is 1.60. The predicted molar refractivity (Wildman–Crippen MR) is 104 cm³/mol. The minimum Gasteiger partial charge on any atom is -0.478 e. The quantitative estimate of drug-likeness (QED) is 0.781. The lowest BCUT2D eigenvalue weighted by molar-refractivity contribution is 0.0696. The van der Waals surface area contributed by atoms with Crippen LogP contribution in [0.25, 0.3) is 6.08 Å². The Morgan fingerprint density at radius 1 is 1.21 bits per heavy atom. The van der Waals surface area contributed by atoms with Crippen molar-refractivity contribution in [1.29, 1.82) is 0 Å². The molecule has 1 atom stereocenters. The Kier molecular flexibility index (Phi) is 6.67. The van der Waals surface area contributed by atoms with E-state index in [-0.39, 0.29) is 17.4 Å². The third-order valence-corrected chi connectivity index (χ3v) is 4.67. The van der Waals surface area contributed by atoms with Crippen molar-refractivity contribution in [2.75, 3.05) is 44.8 Å². The molecule has 1 aliphatic rings. The normalized spacial score (nSPS) is 16.4. The molecule has 1 aliphatic heterocycles. The monoisotopic (exact) mass is 386 g/mol. The molecular weight excluding hydrogens is 363 g/mol. The zero-order valence-electron chi connectivity index (χ0n) is 15.7. The van der Waals surface area contributed by atoms with Gasteiger partial charge in [-0.05, 0) is 17.7 Å². The Morgan fingerprint density at radius 3 is 2.43 bits per heavy atom. The SMILES string of the molecule is COCC(C=Cc1ccc(F)cc1)N1CCN(c2ncc(C(=O)O)cn2)CC1. The van der Waals surface area contributed by atoms with Gasteiger partial charge in [0.25, 0.3) is 0 Å². The molecule has 2 aromatic rings. The van der Waals surface area contributed by atoms with E-state index in [9.17, 15) is 9.18 Å². The Labute approximate surface area is 163 Å². The Morgan fingerprint density at radius 2 is 1.86 bits per heavy atom. The summed E-state index contributed by atoms with van der Waals surface area (Å²) in [7, 11) is 1.67. The first-order valence-corrected chi connectivity index (χ1v) is 9.04. The van der Waals surface area contributed by atoms with Crippen LogP contribution in [0.15, 0.2) is 42.7 Å². The third kappa shape index (κ3) is 5.11. The molecule has 1 saturated heterocycles. The predicted octanol–water partition coefficient (Wildman–Crippen LogP) is 2.16. The number of carboxylic acid groups (broad SMARTS) is 1. The molecule has 2 heterocycles. The number of methoxy groups -OCH3 is 1. The summed E-state index contributed by atoms with van der Waals surface area (Å²) < 4.78 is 18.4. The number of carbonyl (C=O) groups is 1. The van der Waals surface area contributed by atoms with Crippen LogP contribution in [-0.4, -0.2) is 71.9 Å². The maximum atomic E-state index is 13.0. The van der Waals surface area contributed by atoms with Crippen LogP contribution in [0.1, 0.15) is 15.9 Å². The zero-order chi connectivity index (χ0) is 19.9. The summed E-state index contributed by atoms with van der Waals surface area (Å²) in [4.78, 5) is 23.6. The summed E-state index contributed by atoms with van der Waals surface area (Å²) in [5, 5.41) is 8.94. The number of halogens is 1. The molecule has 3 rings (SSSR count). The zero-order valence-corrected chi connectivity index (χ0v) is 15.7. The molecular formula is C20H23FN4O3. The number of ether oxygens (including phenoxy) is 1. The van der Waals surface area contributed by atoms with Crippen LogP contribution in [-0.2, 0) is 4.74 Å². The topological polar surface area (TPSA) is 78.8 Å². The standard InChI is InChI=1S/C20H23FN4O3/c1-28-14-18(7-4-15-2-5-17(21)6-3-15)24-8-10-25(11-9-24)20-22-12-16(13-23-20)19(26)27/h2-7,12-13,18H,8-11,14H2,1H3,(H,26,27). The molecule has 0 saturated carbocycles. The molecule has 148 valence electrons. The lowest BCUT2D eigenvalue weighted by atomic mass is 10.1. The molecule has 1 N–H and O–H groups in total. The van der Waals surface area contributed by atoms with E-state index in [0.717, 1.165) is 31.7 Å². The number of hydrogen-bond donors (Lipinski definition) is 1. The number of benzene rings is 1. The number of anilines is 1. The maximum absolute atomic E-state index is 13.0. The van der Waals surface area contributed by atoms with Crippen molar-refractivity contribution in [2.45, 2.75) is 6.04 Å². The van der Waals surface area contributed by atoms with E-state index in [1.54, 1.807) is 19.2 Å². The highest BCUT2D eigenvalue weighted by Crippen LogP contribution is 2.15. The molecule has 0 radical (unpaired) electrons. The largest absolute Gasteiger partial charge is 0.478 e. The molecule has 1 fully saturated rings. The second-order valence-electron chi connectivity index (χ2n) is 6.53. The summed E-state index contributed by atoms with van der Waals surface area (Å²) in [5.41, 5.74) is 1.02. The summed E-state index contributed by atoms with van der Waals surface area (Å²) >= 11 is 0. The van der Waals surface area contributed by atoms with Crippen molar-refractivity contribution >= 4 is 18.0 Å². The highest BCUT2D eigenvalue weighted by Gasteiger charge is 2.23.